The standard InChI is InChI=1S/C20H19N3O3/c1-13-16-7-3-4-8-17(16)20(25)23(22-13)12-19(24)21-11-15-10-14-6-2-5-9-18(14)26-15/h2-9,15H,10-12H2,1H3,(H,21,24)/t15-/m0/s1. The molecule has 0 bridgehead atoms. The highest BCUT2D eigenvalue weighted by Gasteiger charge is 2.22. The molecule has 0 saturated carbocycles. The van der Waals surface area contributed by atoms with Gasteiger partial charge in [0.05, 0.1) is 17.6 Å². The van der Waals surface area contributed by atoms with Crippen LogP contribution in [-0.2, 0) is 17.8 Å². The van der Waals surface area contributed by atoms with Crippen LogP contribution < -0.4 is 15.6 Å². The summed E-state index contributed by atoms with van der Waals surface area (Å²) >= 11 is 0. The average molecular weight is 349 g/mol. The van der Waals surface area contributed by atoms with Crippen LogP contribution in [0.25, 0.3) is 10.8 Å². The first-order chi connectivity index (χ1) is 12.6. The molecule has 26 heavy (non-hydrogen) atoms. The maximum absolute atomic E-state index is 12.5. The Morgan fingerprint density at radius 1 is 1.19 bits per heavy atom. The summed E-state index contributed by atoms with van der Waals surface area (Å²) in [6.07, 6.45) is 0.684. The molecule has 0 aliphatic carbocycles. The van der Waals surface area contributed by atoms with Gasteiger partial charge in [-0.05, 0) is 24.6 Å². The van der Waals surface area contributed by atoms with Crippen LogP contribution in [0.15, 0.2) is 53.3 Å². The minimum atomic E-state index is -0.258. The molecule has 2 heterocycles. The molecule has 3 aromatic rings. The Labute approximate surface area is 150 Å². The van der Waals surface area contributed by atoms with Crippen LogP contribution >= 0.6 is 0 Å². The van der Waals surface area contributed by atoms with Crippen LogP contribution in [0.1, 0.15) is 11.3 Å². The molecule has 0 unspecified atom stereocenters. The van der Waals surface area contributed by atoms with Crippen molar-refractivity contribution in [2.75, 3.05) is 6.54 Å². The summed E-state index contributed by atoms with van der Waals surface area (Å²) in [6, 6.07) is 15.2. The number of aryl methyl sites for hydroxylation is 1. The SMILES string of the molecule is Cc1nn(CC(=O)NC[C@@H]2Cc3ccccc3O2)c(=O)c2ccccc12. The maximum Gasteiger partial charge on any atom is 0.275 e. The van der Waals surface area contributed by atoms with Crippen molar-refractivity contribution in [1.82, 2.24) is 15.1 Å². The van der Waals surface area contributed by atoms with E-state index in [2.05, 4.69) is 10.4 Å². The molecule has 2 aromatic carbocycles. The summed E-state index contributed by atoms with van der Waals surface area (Å²) in [7, 11) is 0. The Hall–Kier alpha value is -3.15. The topological polar surface area (TPSA) is 73.2 Å². The number of amides is 1. The molecule has 6 nitrogen and oxygen atoms in total. The molecule has 132 valence electrons. The first kappa shape index (κ1) is 16.3. The molecular weight excluding hydrogens is 330 g/mol. The quantitative estimate of drug-likeness (QED) is 0.780. The fourth-order valence-electron chi connectivity index (χ4n) is 3.30. The van der Waals surface area contributed by atoms with Crippen molar-refractivity contribution < 1.29 is 9.53 Å². The van der Waals surface area contributed by atoms with Crippen LogP contribution in [0.3, 0.4) is 0 Å². The number of hydrogen-bond donors (Lipinski definition) is 1. The number of nitrogens with zero attached hydrogens (tertiary/aromatic N) is 2. The molecule has 1 aliphatic rings. The zero-order valence-corrected chi connectivity index (χ0v) is 14.4. The molecule has 1 amide bonds. The first-order valence-electron chi connectivity index (χ1n) is 8.59. The van der Waals surface area contributed by atoms with Crippen LogP contribution in [0.4, 0.5) is 0 Å². The molecule has 0 radical (unpaired) electrons. The van der Waals surface area contributed by atoms with Gasteiger partial charge < -0.3 is 10.1 Å². The lowest BCUT2D eigenvalue weighted by Crippen LogP contribution is -2.39. The van der Waals surface area contributed by atoms with E-state index in [1.54, 1.807) is 6.07 Å². The predicted molar refractivity (Wildman–Crippen MR) is 98.3 cm³/mol. The minimum absolute atomic E-state index is 0.0839. The van der Waals surface area contributed by atoms with Gasteiger partial charge in [-0.2, -0.15) is 5.10 Å². The molecule has 6 heteroatoms. The fraction of sp³-hybridized carbons (Fsp3) is 0.250. The summed E-state index contributed by atoms with van der Waals surface area (Å²) in [6.45, 7) is 2.12. The number of nitrogens with one attached hydrogen (secondary N) is 1. The highest BCUT2D eigenvalue weighted by atomic mass is 16.5. The van der Waals surface area contributed by atoms with E-state index in [0.29, 0.717) is 11.9 Å². The smallest absolute Gasteiger partial charge is 0.275 e. The summed E-state index contributed by atoms with van der Waals surface area (Å²) in [5.74, 6) is 0.614. The number of rotatable bonds is 4. The van der Waals surface area contributed by atoms with Crippen molar-refractivity contribution in [3.63, 3.8) is 0 Å². The molecular formula is C20H19N3O3. The van der Waals surface area contributed by atoms with Gasteiger partial charge in [0.25, 0.3) is 5.56 Å². The molecule has 0 spiro atoms. The zero-order valence-electron chi connectivity index (χ0n) is 14.4. The van der Waals surface area contributed by atoms with Crippen molar-refractivity contribution in [2.24, 2.45) is 0 Å². The van der Waals surface area contributed by atoms with E-state index < -0.39 is 0 Å². The van der Waals surface area contributed by atoms with E-state index in [1.807, 2.05) is 49.4 Å². The number of para-hydroxylation sites is 1. The van der Waals surface area contributed by atoms with Crippen molar-refractivity contribution in [3.8, 4) is 5.75 Å². The maximum atomic E-state index is 12.5. The van der Waals surface area contributed by atoms with Gasteiger partial charge >= 0.3 is 0 Å². The van der Waals surface area contributed by atoms with Gasteiger partial charge in [-0.1, -0.05) is 36.4 Å². The van der Waals surface area contributed by atoms with E-state index >= 15 is 0 Å². The van der Waals surface area contributed by atoms with E-state index in [0.717, 1.165) is 28.8 Å². The Morgan fingerprint density at radius 2 is 1.92 bits per heavy atom. The normalized spacial score (nSPS) is 15.5. The second-order valence-electron chi connectivity index (χ2n) is 6.45. The van der Waals surface area contributed by atoms with Gasteiger partial charge in [-0.15, -0.1) is 0 Å². The van der Waals surface area contributed by atoms with Crippen molar-refractivity contribution in [1.29, 1.82) is 0 Å². The van der Waals surface area contributed by atoms with Gasteiger partial charge in [-0.3, -0.25) is 9.59 Å². The summed E-state index contributed by atoms with van der Waals surface area (Å²) < 4.78 is 7.03. The Kier molecular flexibility index (Phi) is 4.16. The summed E-state index contributed by atoms with van der Waals surface area (Å²) in [5, 5.41) is 8.49. The number of aromatic nitrogens is 2. The molecule has 0 fully saturated rings. The average Bonchev–Trinajstić information content (AvgIpc) is 3.07. The molecule has 1 N–H and O–H groups in total. The van der Waals surface area contributed by atoms with Crippen molar-refractivity contribution in [2.45, 2.75) is 26.0 Å². The van der Waals surface area contributed by atoms with E-state index in [4.69, 9.17) is 4.74 Å². The monoisotopic (exact) mass is 349 g/mol. The van der Waals surface area contributed by atoms with Gasteiger partial charge in [0.2, 0.25) is 5.91 Å². The lowest BCUT2D eigenvalue weighted by atomic mass is 10.1. The van der Waals surface area contributed by atoms with Gasteiger partial charge in [-0.25, -0.2) is 4.68 Å². The number of hydrogen-bond acceptors (Lipinski definition) is 4. The number of fused-ring (bicyclic) bond motifs is 2. The van der Waals surface area contributed by atoms with E-state index in [1.165, 1.54) is 4.68 Å². The molecule has 4 rings (SSSR count). The fourth-order valence-corrected chi connectivity index (χ4v) is 3.30. The lowest BCUT2D eigenvalue weighted by Gasteiger charge is -2.13. The number of carbonyl (C=O) groups excluding carboxylic acids is 1. The third-order valence-corrected chi connectivity index (χ3v) is 4.59. The van der Waals surface area contributed by atoms with E-state index in [-0.39, 0.29) is 24.1 Å². The number of carbonyl (C=O) groups is 1. The predicted octanol–water partition coefficient (Wildman–Crippen LogP) is 1.82. The highest BCUT2D eigenvalue weighted by molar-refractivity contribution is 5.83. The van der Waals surface area contributed by atoms with Gasteiger partial charge in [0.1, 0.15) is 18.4 Å². The largest absolute Gasteiger partial charge is 0.488 e. The second-order valence-corrected chi connectivity index (χ2v) is 6.45. The summed E-state index contributed by atoms with van der Waals surface area (Å²) in [5.41, 5.74) is 1.61. The Morgan fingerprint density at radius 3 is 2.73 bits per heavy atom. The molecule has 1 aliphatic heterocycles. The number of ether oxygens (including phenoxy) is 1. The Balaban J connectivity index is 1.42. The number of benzene rings is 2. The molecule has 0 saturated heterocycles. The second kappa shape index (κ2) is 6.63. The third-order valence-electron chi connectivity index (χ3n) is 4.59. The zero-order chi connectivity index (χ0) is 18.1. The lowest BCUT2D eigenvalue weighted by molar-refractivity contribution is -0.122. The van der Waals surface area contributed by atoms with E-state index in [9.17, 15) is 9.59 Å². The highest BCUT2D eigenvalue weighted by Crippen LogP contribution is 2.27. The van der Waals surface area contributed by atoms with Crippen molar-refractivity contribution >= 4 is 16.7 Å². The molecule has 1 aromatic heterocycles. The Bertz CT molecular complexity index is 1020. The van der Waals surface area contributed by atoms with Crippen molar-refractivity contribution in [3.05, 3.63) is 70.1 Å². The van der Waals surface area contributed by atoms with Crippen LogP contribution in [0.2, 0.25) is 0 Å². The van der Waals surface area contributed by atoms with Gasteiger partial charge in [0, 0.05) is 11.8 Å². The summed E-state index contributed by atoms with van der Waals surface area (Å²) in [4.78, 5) is 24.8. The van der Waals surface area contributed by atoms with Crippen LogP contribution in [-0.4, -0.2) is 28.3 Å². The first-order valence-corrected chi connectivity index (χ1v) is 8.59. The molecule has 1 atom stereocenters. The van der Waals surface area contributed by atoms with Gasteiger partial charge in [0.15, 0.2) is 0 Å². The van der Waals surface area contributed by atoms with Crippen LogP contribution in [0.5, 0.6) is 5.75 Å². The van der Waals surface area contributed by atoms with Crippen LogP contribution in [0, 0.1) is 6.92 Å². The minimum Gasteiger partial charge on any atom is -0.488 e. The third kappa shape index (κ3) is 3.06.